The van der Waals surface area contributed by atoms with E-state index in [0.29, 0.717) is 0 Å². The third-order valence-corrected chi connectivity index (χ3v) is 2.34. The number of hydrogen-bond donors (Lipinski definition) is 2. The molecule has 1 heterocycles. The molecule has 0 aliphatic carbocycles. The maximum absolute atomic E-state index is 4.01. The Bertz CT molecular complexity index is 187. The summed E-state index contributed by atoms with van der Waals surface area (Å²) in [5.41, 5.74) is 0. The van der Waals surface area contributed by atoms with Crippen LogP contribution >= 0.6 is 11.8 Å². The molecule has 0 fully saturated rings. The van der Waals surface area contributed by atoms with Crippen LogP contribution in [0.2, 0.25) is 0 Å². The Labute approximate surface area is 76.5 Å². The Balaban J connectivity index is 1.96. The number of nitrogens with one attached hydrogen (secondary N) is 2. The maximum atomic E-state index is 4.01. The molecule has 0 amide bonds. The lowest BCUT2D eigenvalue weighted by Crippen LogP contribution is -2.14. The molecule has 2 N–H and O–H groups in total. The molecule has 68 valence electrons. The zero-order valence-corrected chi connectivity index (χ0v) is 8.02. The van der Waals surface area contributed by atoms with E-state index in [2.05, 4.69) is 27.4 Å². The van der Waals surface area contributed by atoms with E-state index >= 15 is 0 Å². The topological polar surface area (TPSA) is 53.6 Å². The number of aromatic amines is 1. The summed E-state index contributed by atoms with van der Waals surface area (Å²) < 4.78 is 0. The van der Waals surface area contributed by atoms with Crippen LogP contribution < -0.4 is 5.32 Å². The molecule has 0 saturated carbocycles. The fourth-order valence-electron chi connectivity index (χ4n) is 0.807. The normalized spacial score (nSPS) is 10.4. The molecule has 0 aromatic carbocycles. The van der Waals surface area contributed by atoms with Gasteiger partial charge in [0.15, 0.2) is 5.16 Å². The summed E-state index contributed by atoms with van der Waals surface area (Å²) in [6, 6.07) is 0. The standard InChI is InChI=1S/C7H14N4S/c1-2-8-4-3-5-12-7-9-6-10-11-7/h6,8H,2-5H2,1H3,(H,9,10,11). The largest absolute Gasteiger partial charge is 0.317 e. The Morgan fingerprint density at radius 1 is 1.67 bits per heavy atom. The van der Waals surface area contributed by atoms with E-state index in [1.807, 2.05) is 0 Å². The first-order valence-corrected chi connectivity index (χ1v) is 5.11. The van der Waals surface area contributed by atoms with Gasteiger partial charge >= 0.3 is 0 Å². The van der Waals surface area contributed by atoms with Crippen molar-refractivity contribution >= 4 is 11.8 Å². The van der Waals surface area contributed by atoms with Crippen molar-refractivity contribution in [1.82, 2.24) is 20.5 Å². The molecule has 1 rings (SSSR count). The Kier molecular flexibility index (Phi) is 4.79. The highest BCUT2D eigenvalue weighted by Crippen LogP contribution is 2.10. The van der Waals surface area contributed by atoms with Gasteiger partial charge in [0.05, 0.1) is 0 Å². The molecule has 1 aromatic heterocycles. The van der Waals surface area contributed by atoms with Gasteiger partial charge in [-0.1, -0.05) is 18.7 Å². The van der Waals surface area contributed by atoms with E-state index in [1.54, 1.807) is 11.8 Å². The van der Waals surface area contributed by atoms with Crippen LogP contribution in [-0.2, 0) is 0 Å². The van der Waals surface area contributed by atoms with Gasteiger partial charge in [-0.2, -0.15) is 5.10 Å². The van der Waals surface area contributed by atoms with Gasteiger partial charge in [-0.3, -0.25) is 5.10 Å². The van der Waals surface area contributed by atoms with Crippen molar-refractivity contribution < 1.29 is 0 Å². The third-order valence-electron chi connectivity index (χ3n) is 1.38. The molecule has 5 heteroatoms. The SMILES string of the molecule is CCNCCCSc1ncn[nH]1. The van der Waals surface area contributed by atoms with Crippen LogP contribution in [0, 0.1) is 0 Å². The Morgan fingerprint density at radius 2 is 2.58 bits per heavy atom. The van der Waals surface area contributed by atoms with E-state index in [0.717, 1.165) is 24.0 Å². The summed E-state index contributed by atoms with van der Waals surface area (Å²) in [4.78, 5) is 4.01. The van der Waals surface area contributed by atoms with Crippen molar-refractivity contribution in [1.29, 1.82) is 0 Å². The summed E-state index contributed by atoms with van der Waals surface area (Å²) in [5, 5.41) is 10.8. The van der Waals surface area contributed by atoms with Crippen LogP contribution in [0.25, 0.3) is 0 Å². The lowest BCUT2D eigenvalue weighted by atomic mass is 10.5. The third kappa shape index (κ3) is 3.73. The number of rotatable bonds is 6. The molecule has 0 bridgehead atoms. The lowest BCUT2D eigenvalue weighted by Gasteiger charge is -1.98. The zero-order chi connectivity index (χ0) is 8.65. The molecule has 1 aromatic rings. The lowest BCUT2D eigenvalue weighted by molar-refractivity contribution is 0.707. The van der Waals surface area contributed by atoms with E-state index in [9.17, 15) is 0 Å². The first-order valence-electron chi connectivity index (χ1n) is 4.12. The van der Waals surface area contributed by atoms with Crippen molar-refractivity contribution in [2.75, 3.05) is 18.8 Å². The van der Waals surface area contributed by atoms with Crippen LogP contribution in [0.3, 0.4) is 0 Å². The maximum Gasteiger partial charge on any atom is 0.183 e. The number of H-pyrrole nitrogens is 1. The molecule has 12 heavy (non-hydrogen) atoms. The zero-order valence-electron chi connectivity index (χ0n) is 7.21. The minimum absolute atomic E-state index is 0.909. The average Bonchev–Trinajstić information content (AvgIpc) is 2.57. The Hall–Kier alpha value is -0.550. The van der Waals surface area contributed by atoms with Gasteiger partial charge < -0.3 is 5.32 Å². The summed E-state index contributed by atoms with van der Waals surface area (Å²) in [6.45, 7) is 4.24. The number of hydrogen-bond acceptors (Lipinski definition) is 4. The fourth-order valence-corrected chi connectivity index (χ4v) is 1.53. The average molecular weight is 186 g/mol. The summed E-state index contributed by atoms with van der Waals surface area (Å²) in [7, 11) is 0. The molecule has 4 nitrogen and oxygen atoms in total. The molecule has 0 atom stereocenters. The predicted molar refractivity (Wildman–Crippen MR) is 50.3 cm³/mol. The second-order valence-corrected chi connectivity index (χ2v) is 3.43. The van der Waals surface area contributed by atoms with Crippen molar-refractivity contribution in [3.05, 3.63) is 6.33 Å². The van der Waals surface area contributed by atoms with Crippen LogP contribution in [0.15, 0.2) is 11.5 Å². The highest BCUT2D eigenvalue weighted by Gasteiger charge is 1.94. The molecule has 0 spiro atoms. The van der Waals surface area contributed by atoms with E-state index in [4.69, 9.17) is 0 Å². The van der Waals surface area contributed by atoms with Crippen molar-refractivity contribution in [3.63, 3.8) is 0 Å². The first-order chi connectivity index (χ1) is 5.93. The molecule has 0 unspecified atom stereocenters. The quantitative estimate of drug-likeness (QED) is 0.512. The molecule has 0 aliphatic rings. The van der Waals surface area contributed by atoms with Crippen LogP contribution in [-0.4, -0.2) is 34.0 Å². The predicted octanol–water partition coefficient (Wildman–Crippen LogP) is 0.896. The molecule has 0 radical (unpaired) electrons. The summed E-state index contributed by atoms with van der Waals surface area (Å²) in [6.07, 6.45) is 2.70. The molecular weight excluding hydrogens is 172 g/mol. The van der Waals surface area contributed by atoms with Gasteiger partial charge in [0.2, 0.25) is 0 Å². The molecule has 0 saturated heterocycles. The van der Waals surface area contributed by atoms with Gasteiger partial charge in [-0.05, 0) is 19.5 Å². The van der Waals surface area contributed by atoms with Crippen LogP contribution in [0.1, 0.15) is 13.3 Å². The molecule has 0 aliphatic heterocycles. The summed E-state index contributed by atoms with van der Waals surface area (Å²) >= 11 is 1.71. The summed E-state index contributed by atoms with van der Waals surface area (Å²) in [5.74, 6) is 1.09. The second kappa shape index (κ2) is 6.02. The fraction of sp³-hybridized carbons (Fsp3) is 0.714. The minimum atomic E-state index is 0.909. The van der Waals surface area contributed by atoms with Crippen molar-refractivity contribution in [2.24, 2.45) is 0 Å². The second-order valence-electron chi connectivity index (χ2n) is 2.35. The van der Waals surface area contributed by atoms with Gasteiger partial charge in [-0.25, -0.2) is 4.98 Å². The van der Waals surface area contributed by atoms with Gasteiger partial charge in [-0.15, -0.1) is 0 Å². The highest BCUT2D eigenvalue weighted by atomic mass is 32.2. The van der Waals surface area contributed by atoms with Gasteiger partial charge in [0, 0.05) is 5.75 Å². The van der Waals surface area contributed by atoms with Gasteiger partial charge in [0.1, 0.15) is 6.33 Å². The van der Waals surface area contributed by atoms with Crippen LogP contribution in [0.4, 0.5) is 0 Å². The molecular formula is C7H14N4S. The number of nitrogens with zero attached hydrogens (tertiary/aromatic N) is 2. The van der Waals surface area contributed by atoms with E-state index < -0.39 is 0 Å². The van der Waals surface area contributed by atoms with E-state index in [-0.39, 0.29) is 0 Å². The van der Waals surface area contributed by atoms with Crippen LogP contribution in [0.5, 0.6) is 0 Å². The van der Waals surface area contributed by atoms with E-state index in [1.165, 1.54) is 12.7 Å². The van der Waals surface area contributed by atoms with Crippen molar-refractivity contribution in [3.8, 4) is 0 Å². The highest BCUT2D eigenvalue weighted by molar-refractivity contribution is 7.99. The number of thioether (sulfide) groups is 1. The van der Waals surface area contributed by atoms with Crippen molar-refractivity contribution in [2.45, 2.75) is 18.5 Å². The minimum Gasteiger partial charge on any atom is -0.317 e. The smallest absolute Gasteiger partial charge is 0.183 e. The monoisotopic (exact) mass is 186 g/mol. The Morgan fingerprint density at radius 3 is 3.25 bits per heavy atom. The van der Waals surface area contributed by atoms with Gasteiger partial charge in [0.25, 0.3) is 0 Å². The number of aromatic nitrogens is 3. The first kappa shape index (κ1) is 9.54.